The van der Waals surface area contributed by atoms with E-state index >= 15 is 0 Å². The largest absolute Gasteiger partial charge is 0.477 e. The normalized spacial score (nSPS) is 11.0. The molecule has 0 aliphatic carbocycles. The molecule has 1 N–H and O–H groups in total. The molecule has 2 aromatic rings. The fourth-order valence-electron chi connectivity index (χ4n) is 1.79. The zero-order valence-corrected chi connectivity index (χ0v) is 11.7. The molecule has 1 aromatic carbocycles. The molecular weight excluding hydrogens is 265 g/mol. The minimum Gasteiger partial charge on any atom is -0.477 e. The summed E-state index contributed by atoms with van der Waals surface area (Å²) in [6.07, 6.45) is 0. The zero-order valence-electron chi connectivity index (χ0n) is 10.9. The van der Waals surface area contributed by atoms with Crippen molar-refractivity contribution < 1.29 is 14.3 Å². The Hall–Kier alpha value is -1.75. The second kappa shape index (κ2) is 5.09. The van der Waals surface area contributed by atoms with Gasteiger partial charge in [0.15, 0.2) is 0 Å². The van der Waals surface area contributed by atoms with Gasteiger partial charge >= 0.3 is 5.97 Å². The van der Waals surface area contributed by atoms with Crippen LogP contribution in [0.1, 0.15) is 40.7 Å². The highest BCUT2D eigenvalue weighted by atomic mass is 32.1. The Balaban J connectivity index is 2.57. The van der Waals surface area contributed by atoms with Crippen molar-refractivity contribution in [2.45, 2.75) is 26.7 Å². The molecule has 0 aliphatic heterocycles. The number of hydrogen-bond acceptors (Lipinski definition) is 3. The van der Waals surface area contributed by atoms with Crippen LogP contribution in [-0.4, -0.2) is 16.1 Å². The van der Waals surface area contributed by atoms with Gasteiger partial charge in [-0.2, -0.15) is 0 Å². The fraction of sp³-hybridized carbons (Fsp3) is 0.286. The molecule has 0 saturated heterocycles. The SMILES string of the molecule is Cc1ccc(-c2nc(C(C)C)c(C(=O)O)s2)c(F)c1. The van der Waals surface area contributed by atoms with Crippen LogP contribution in [0.25, 0.3) is 10.6 Å². The second-order valence-electron chi connectivity index (χ2n) is 4.68. The Morgan fingerprint density at radius 3 is 2.58 bits per heavy atom. The van der Waals surface area contributed by atoms with Gasteiger partial charge in [0.05, 0.1) is 5.69 Å². The predicted molar refractivity (Wildman–Crippen MR) is 73.3 cm³/mol. The lowest BCUT2D eigenvalue weighted by Gasteiger charge is -2.01. The van der Waals surface area contributed by atoms with Crippen LogP contribution in [0.5, 0.6) is 0 Å². The number of halogens is 1. The molecule has 0 aliphatic rings. The van der Waals surface area contributed by atoms with Gasteiger partial charge in [0, 0.05) is 5.56 Å². The number of nitrogens with zero attached hydrogens (tertiary/aromatic N) is 1. The van der Waals surface area contributed by atoms with Gasteiger partial charge in [-0.25, -0.2) is 14.2 Å². The van der Waals surface area contributed by atoms with E-state index in [1.807, 2.05) is 13.8 Å². The number of carboxylic acids is 1. The summed E-state index contributed by atoms with van der Waals surface area (Å²) in [7, 11) is 0. The van der Waals surface area contributed by atoms with E-state index in [1.165, 1.54) is 6.07 Å². The average molecular weight is 279 g/mol. The average Bonchev–Trinajstić information content (AvgIpc) is 2.73. The van der Waals surface area contributed by atoms with E-state index in [2.05, 4.69) is 4.98 Å². The first-order chi connectivity index (χ1) is 8.90. The van der Waals surface area contributed by atoms with E-state index in [-0.39, 0.29) is 16.6 Å². The number of rotatable bonds is 3. The van der Waals surface area contributed by atoms with Gasteiger partial charge in [0.2, 0.25) is 0 Å². The van der Waals surface area contributed by atoms with Gasteiger partial charge in [-0.1, -0.05) is 19.9 Å². The molecule has 0 atom stereocenters. The number of benzene rings is 1. The molecule has 3 nitrogen and oxygen atoms in total. The number of hydrogen-bond donors (Lipinski definition) is 1. The molecule has 0 spiro atoms. The minimum atomic E-state index is -1.01. The van der Waals surface area contributed by atoms with Crippen molar-refractivity contribution in [2.75, 3.05) is 0 Å². The van der Waals surface area contributed by atoms with E-state index in [9.17, 15) is 9.18 Å². The van der Waals surface area contributed by atoms with E-state index in [1.54, 1.807) is 19.1 Å². The number of aryl methyl sites for hydroxylation is 1. The van der Waals surface area contributed by atoms with Crippen LogP contribution < -0.4 is 0 Å². The van der Waals surface area contributed by atoms with Crippen LogP contribution in [-0.2, 0) is 0 Å². The van der Waals surface area contributed by atoms with Gasteiger partial charge in [0.25, 0.3) is 0 Å². The van der Waals surface area contributed by atoms with Crippen molar-refractivity contribution in [1.29, 1.82) is 0 Å². The molecule has 0 bridgehead atoms. The first-order valence-corrected chi connectivity index (χ1v) is 6.72. The van der Waals surface area contributed by atoms with Crippen molar-refractivity contribution in [1.82, 2.24) is 4.98 Å². The summed E-state index contributed by atoms with van der Waals surface area (Å²) in [5, 5.41) is 9.58. The van der Waals surface area contributed by atoms with Crippen LogP contribution >= 0.6 is 11.3 Å². The maximum Gasteiger partial charge on any atom is 0.347 e. The lowest BCUT2D eigenvalue weighted by molar-refractivity contribution is 0.0700. The van der Waals surface area contributed by atoms with E-state index in [0.717, 1.165) is 16.9 Å². The van der Waals surface area contributed by atoms with Crippen LogP contribution in [0, 0.1) is 12.7 Å². The maximum absolute atomic E-state index is 13.9. The number of aromatic carboxylic acids is 1. The summed E-state index contributed by atoms with van der Waals surface area (Å²) in [5.41, 5.74) is 1.68. The first-order valence-electron chi connectivity index (χ1n) is 5.90. The molecule has 0 radical (unpaired) electrons. The number of thiazole rings is 1. The molecule has 0 fully saturated rings. The first kappa shape index (κ1) is 13.7. The van der Waals surface area contributed by atoms with E-state index in [4.69, 9.17) is 5.11 Å². The monoisotopic (exact) mass is 279 g/mol. The molecule has 0 saturated carbocycles. The summed E-state index contributed by atoms with van der Waals surface area (Å²) in [6, 6.07) is 4.85. The molecule has 100 valence electrons. The summed E-state index contributed by atoms with van der Waals surface area (Å²) in [6.45, 7) is 5.55. The molecule has 1 aromatic heterocycles. The Bertz CT molecular complexity index is 634. The summed E-state index contributed by atoms with van der Waals surface area (Å²) >= 11 is 1.02. The van der Waals surface area contributed by atoms with E-state index < -0.39 is 5.97 Å². The zero-order chi connectivity index (χ0) is 14.2. The third-order valence-electron chi connectivity index (χ3n) is 2.75. The third kappa shape index (κ3) is 2.66. The maximum atomic E-state index is 13.9. The Labute approximate surface area is 114 Å². The third-order valence-corrected chi connectivity index (χ3v) is 3.84. The van der Waals surface area contributed by atoms with Gasteiger partial charge in [-0.15, -0.1) is 11.3 Å². The highest BCUT2D eigenvalue weighted by Crippen LogP contribution is 2.33. The molecule has 0 amide bonds. The summed E-state index contributed by atoms with van der Waals surface area (Å²) in [5.74, 6) is -1.40. The molecular formula is C14H14FNO2S. The lowest BCUT2D eigenvalue weighted by Crippen LogP contribution is -2.00. The number of aromatic nitrogens is 1. The quantitative estimate of drug-likeness (QED) is 0.921. The van der Waals surface area contributed by atoms with Gasteiger partial charge in [-0.05, 0) is 30.5 Å². The molecule has 19 heavy (non-hydrogen) atoms. The highest BCUT2D eigenvalue weighted by Gasteiger charge is 2.21. The van der Waals surface area contributed by atoms with Crippen molar-refractivity contribution in [3.63, 3.8) is 0 Å². The predicted octanol–water partition coefficient (Wildman–Crippen LogP) is 4.08. The topological polar surface area (TPSA) is 50.2 Å². The summed E-state index contributed by atoms with van der Waals surface area (Å²) < 4.78 is 13.9. The summed E-state index contributed by atoms with van der Waals surface area (Å²) in [4.78, 5) is 15.7. The Kier molecular flexibility index (Phi) is 3.66. The molecule has 0 unspecified atom stereocenters. The smallest absolute Gasteiger partial charge is 0.347 e. The van der Waals surface area contributed by atoms with Gasteiger partial charge in [-0.3, -0.25) is 0 Å². The van der Waals surface area contributed by atoms with Crippen molar-refractivity contribution in [3.8, 4) is 10.6 Å². The van der Waals surface area contributed by atoms with Crippen LogP contribution in [0.4, 0.5) is 4.39 Å². The molecule has 1 heterocycles. The lowest BCUT2D eigenvalue weighted by atomic mass is 10.1. The Morgan fingerprint density at radius 2 is 2.11 bits per heavy atom. The van der Waals surface area contributed by atoms with Gasteiger partial charge < -0.3 is 5.11 Å². The number of carboxylic acid groups (broad SMARTS) is 1. The van der Waals surface area contributed by atoms with Crippen LogP contribution in [0.15, 0.2) is 18.2 Å². The van der Waals surface area contributed by atoms with Crippen LogP contribution in [0.2, 0.25) is 0 Å². The van der Waals surface area contributed by atoms with Crippen molar-refractivity contribution in [3.05, 3.63) is 40.2 Å². The van der Waals surface area contributed by atoms with E-state index in [0.29, 0.717) is 16.3 Å². The standard InChI is InChI=1S/C14H14FNO2S/c1-7(2)11-12(14(17)18)19-13(16-11)9-5-4-8(3)6-10(9)15/h4-7H,1-3H3,(H,17,18). The Morgan fingerprint density at radius 1 is 1.42 bits per heavy atom. The minimum absolute atomic E-state index is 0.00962. The van der Waals surface area contributed by atoms with Gasteiger partial charge in [0.1, 0.15) is 15.7 Å². The number of carbonyl (C=O) groups is 1. The molecule has 5 heteroatoms. The van der Waals surface area contributed by atoms with Crippen molar-refractivity contribution in [2.24, 2.45) is 0 Å². The fourth-order valence-corrected chi connectivity index (χ4v) is 2.87. The van der Waals surface area contributed by atoms with Crippen LogP contribution in [0.3, 0.4) is 0 Å². The second-order valence-corrected chi connectivity index (χ2v) is 5.68. The van der Waals surface area contributed by atoms with Crippen molar-refractivity contribution >= 4 is 17.3 Å². The molecule has 2 rings (SSSR count). The highest BCUT2D eigenvalue weighted by molar-refractivity contribution is 7.17.